The second-order valence-electron chi connectivity index (χ2n) is 1.92. The van der Waals surface area contributed by atoms with Gasteiger partial charge in [-0.25, -0.2) is 14.8 Å². The fourth-order valence-electron chi connectivity index (χ4n) is 0.605. The van der Waals surface area contributed by atoms with E-state index in [1.54, 1.807) is 6.92 Å². The molecule has 1 aromatic heterocycles. The minimum absolute atomic E-state index is 0.00231. The first-order valence-corrected chi connectivity index (χ1v) is 4.63. The molecule has 4 nitrogen and oxygen atoms in total. The van der Waals surface area contributed by atoms with Gasteiger partial charge in [-0.1, -0.05) is 13.8 Å². The molecule has 1 aromatic rings. The zero-order valence-corrected chi connectivity index (χ0v) is 9.29. The van der Waals surface area contributed by atoms with Gasteiger partial charge in [0.15, 0.2) is 5.69 Å². The zero-order valence-electron chi connectivity index (χ0n) is 7.71. The van der Waals surface area contributed by atoms with Gasteiger partial charge in [0, 0.05) is 6.20 Å². The van der Waals surface area contributed by atoms with Crippen LogP contribution in [-0.2, 0) is 0 Å². The van der Waals surface area contributed by atoms with Crippen molar-refractivity contribution in [3.8, 4) is 0 Å². The lowest BCUT2D eigenvalue weighted by Crippen LogP contribution is -2.03. The normalized spacial score (nSPS) is 8.62. The van der Waals surface area contributed by atoms with Gasteiger partial charge in [-0.2, -0.15) is 0 Å². The third-order valence-corrected chi connectivity index (χ3v) is 1.65. The van der Waals surface area contributed by atoms with Crippen LogP contribution in [0.2, 0.25) is 0 Å². The van der Waals surface area contributed by atoms with Crippen molar-refractivity contribution in [1.29, 1.82) is 0 Å². The number of carbonyl (C=O) groups is 1. The molecule has 0 fully saturated rings. The highest BCUT2D eigenvalue weighted by atomic mass is 79.9. The predicted molar refractivity (Wildman–Crippen MR) is 52.8 cm³/mol. The smallest absolute Gasteiger partial charge is 0.355 e. The molecule has 0 aromatic carbocycles. The third kappa shape index (κ3) is 3.50. The summed E-state index contributed by atoms with van der Waals surface area (Å²) in [6.45, 7) is 5.64. The van der Waals surface area contributed by atoms with E-state index in [0.717, 1.165) is 0 Å². The standard InChI is InChI=1S/C6H5BrN2O2.C2H6/c1-3-8-2-4(7)5(9-3)6(10)11;1-2/h2H,1H3,(H,10,11);1-2H3. The van der Waals surface area contributed by atoms with Crippen molar-refractivity contribution in [3.63, 3.8) is 0 Å². The molecular formula is C8H11BrN2O2. The molecule has 0 saturated carbocycles. The number of aromatic nitrogens is 2. The Labute approximate surface area is 85.2 Å². The Bertz CT molecular complexity index is 302. The molecule has 1 rings (SSSR count). The van der Waals surface area contributed by atoms with Crippen molar-refractivity contribution in [1.82, 2.24) is 9.97 Å². The highest BCUT2D eigenvalue weighted by molar-refractivity contribution is 9.10. The number of carboxylic acids is 1. The highest BCUT2D eigenvalue weighted by Crippen LogP contribution is 2.12. The topological polar surface area (TPSA) is 63.1 Å². The summed E-state index contributed by atoms with van der Waals surface area (Å²) in [5.41, 5.74) is -0.00231. The molecule has 1 heterocycles. The Hall–Kier alpha value is -0.970. The van der Waals surface area contributed by atoms with Gasteiger partial charge in [0.2, 0.25) is 0 Å². The lowest BCUT2D eigenvalue weighted by Gasteiger charge is -1.96. The molecule has 0 atom stereocenters. The van der Waals surface area contributed by atoms with Gasteiger partial charge in [0.25, 0.3) is 0 Å². The van der Waals surface area contributed by atoms with Crippen LogP contribution in [0.15, 0.2) is 10.7 Å². The number of aromatic carboxylic acids is 1. The van der Waals surface area contributed by atoms with Crippen molar-refractivity contribution in [2.24, 2.45) is 0 Å². The Morgan fingerprint density at radius 2 is 2.08 bits per heavy atom. The minimum Gasteiger partial charge on any atom is -0.476 e. The molecular weight excluding hydrogens is 236 g/mol. The highest BCUT2D eigenvalue weighted by Gasteiger charge is 2.09. The number of aryl methyl sites for hydroxylation is 1. The van der Waals surface area contributed by atoms with E-state index < -0.39 is 5.97 Å². The summed E-state index contributed by atoms with van der Waals surface area (Å²) in [5, 5.41) is 8.57. The summed E-state index contributed by atoms with van der Waals surface area (Å²) in [4.78, 5) is 18.0. The van der Waals surface area contributed by atoms with Gasteiger partial charge < -0.3 is 5.11 Å². The van der Waals surface area contributed by atoms with E-state index in [9.17, 15) is 4.79 Å². The van der Waals surface area contributed by atoms with Crippen LogP contribution in [0, 0.1) is 6.92 Å². The Morgan fingerprint density at radius 3 is 2.46 bits per heavy atom. The minimum atomic E-state index is -1.05. The van der Waals surface area contributed by atoms with E-state index in [2.05, 4.69) is 25.9 Å². The van der Waals surface area contributed by atoms with Crippen molar-refractivity contribution < 1.29 is 9.90 Å². The summed E-state index contributed by atoms with van der Waals surface area (Å²) < 4.78 is 0.399. The van der Waals surface area contributed by atoms with Crippen LogP contribution in [-0.4, -0.2) is 21.0 Å². The van der Waals surface area contributed by atoms with Crippen LogP contribution in [0.4, 0.5) is 0 Å². The van der Waals surface area contributed by atoms with E-state index in [4.69, 9.17) is 5.11 Å². The van der Waals surface area contributed by atoms with Crippen LogP contribution in [0.3, 0.4) is 0 Å². The third-order valence-electron chi connectivity index (χ3n) is 1.07. The molecule has 0 radical (unpaired) electrons. The Morgan fingerprint density at radius 1 is 1.54 bits per heavy atom. The molecule has 0 unspecified atom stereocenters. The first-order chi connectivity index (χ1) is 6.11. The van der Waals surface area contributed by atoms with Gasteiger partial charge in [-0.05, 0) is 22.9 Å². The van der Waals surface area contributed by atoms with E-state index in [-0.39, 0.29) is 5.69 Å². The molecule has 0 bridgehead atoms. The lowest BCUT2D eigenvalue weighted by molar-refractivity contribution is 0.0689. The molecule has 1 N–H and O–H groups in total. The second kappa shape index (κ2) is 5.64. The summed E-state index contributed by atoms with van der Waals surface area (Å²) in [7, 11) is 0. The van der Waals surface area contributed by atoms with E-state index in [0.29, 0.717) is 10.3 Å². The van der Waals surface area contributed by atoms with Gasteiger partial charge in [-0.3, -0.25) is 0 Å². The van der Waals surface area contributed by atoms with Crippen LogP contribution in [0.5, 0.6) is 0 Å². The molecule has 72 valence electrons. The summed E-state index contributed by atoms with van der Waals surface area (Å²) in [5.74, 6) is -0.604. The van der Waals surface area contributed by atoms with Crippen LogP contribution in [0.1, 0.15) is 30.2 Å². The first kappa shape index (κ1) is 12.0. The van der Waals surface area contributed by atoms with Crippen LogP contribution < -0.4 is 0 Å². The molecule has 0 aliphatic carbocycles. The molecule has 0 aliphatic heterocycles. The maximum absolute atomic E-state index is 10.5. The number of hydrogen-bond acceptors (Lipinski definition) is 3. The molecule has 13 heavy (non-hydrogen) atoms. The zero-order chi connectivity index (χ0) is 10.4. The monoisotopic (exact) mass is 246 g/mol. The fourth-order valence-corrected chi connectivity index (χ4v) is 0.966. The fraction of sp³-hybridized carbons (Fsp3) is 0.375. The number of hydrogen-bond donors (Lipinski definition) is 1. The first-order valence-electron chi connectivity index (χ1n) is 3.83. The summed E-state index contributed by atoms with van der Waals surface area (Å²) in [6, 6.07) is 0. The summed E-state index contributed by atoms with van der Waals surface area (Å²) in [6.07, 6.45) is 1.42. The summed E-state index contributed by atoms with van der Waals surface area (Å²) >= 11 is 3.03. The van der Waals surface area contributed by atoms with Gasteiger partial charge in [0.1, 0.15) is 5.82 Å². The molecule has 0 amide bonds. The number of halogens is 1. The van der Waals surface area contributed by atoms with E-state index >= 15 is 0 Å². The van der Waals surface area contributed by atoms with E-state index in [1.807, 2.05) is 13.8 Å². The van der Waals surface area contributed by atoms with Gasteiger partial charge in [-0.15, -0.1) is 0 Å². The van der Waals surface area contributed by atoms with Crippen molar-refractivity contribution >= 4 is 21.9 Å². The Kier molecular flexibility index (Phi) is 5.22. The van der Waals surface area contributed by atoms with Crippen LogP contribution >= 0.6 is 15.9 Å². The Balaban J connectivity index is 0.000000671. The SMILES string of the molecule is CC.Cc1ncc(Br)c(C(=O)O)n1. The molecule has 0 aliphatic rings. The van der Waals surface area contributed by atoms with Crippen molar-refractivity contribution in [2.45, 2.75) is 20.8 Å². The largest absolute Gasteiger partial charge is 0.476 e. The van der Waals surface area contributed by atoms with E-state index in [1.165, 1.54) is 6.20 Å². The number of carboxylic acid groups (broad SMARTS) is 1. The average molecular weight is 247 g/mol. The number of rotatable bonds is 1. The van der Waals surface area contributed by atoms with Gasteiger partial charge in [0.05, 0.1) is 4.47 Å². The molecule has 0 spiro atoms. The maximum atomic E-state index is 10.5. The molecule has 5 heteroatoms. The second-order valence-corrected chi connectivity index (χ2v) is 2.77. The maximum Gasteiger partial charge on any atom is 0.355 e. The quantitative estimate of drug-likeness (QED) is 0.826. The van der Waals surface area contributed by atoms with Crippen LogP contribution in [0.25, 0.3) is 0 Å². The van der Waals surface area contributed by atoms with Gasteiger partial charge >= 0.3 is 5.97 Å². The predicted octanol–water partition coefficient (Wildman–Crippen LogP) is 2.27. The number of nitrogens with zero attached hydrogens (tertiary/aromatic N) is 2. The lowest BCUT2D eigenvalue weighted by atomic mass is 10.4. The average Bonchev–Trinajstić information content (AvgIpc) is 2.12. The van der Waals surface area contributed by atoms with Crippen molar-refractivity contribution in [2.75, 3.05) is 0 Å². The van der Waals surface area contributed by atoms with Crippen molar-refractivity contribution in [3.05, 3.63) is 22.2 Å². The molecule has 0 saturated heterocycles.